The maximum atomic E-state index is 6.44. The van der Waals surface area contributed by atoms with Crippen molar-refractivity contribution in [3.05, 3.63) is 0 Å². The first-order chi connectivity index (χ1) is 9.63. The van der Waals surface area contributed by atoms with E-state index in [1.54, 1.807) is 0 Å². The first kappa shape index (κ1) is 19.0. The first-order valence-electron chi connectivity index (χ1n) is 8.98. The summed E-state index contributed by atoms with van der Waals surface area (Å²) in [6, 6.07) is 0. The van der Waals surface area contributed by atoms with Gasteiger partial charge in [-0.15, -0.1) is 0 Å². The summed E-state index contributed by atoms with van der Waals surface area (Å²) in [5.74, 6) is 1.42. The Morgan fingerprint density at radius 3 is 2.29 bits per heavy atom. The van der Waals surface area contributed by atoms with E-state index in [9.17, 15) is 0 Å². The van der Waals surface area contributed by atoms with Crippen LogP contribution in [0, 0.1) is 11.8 Å². The fourth-order valence-corrected chi connectivity index (χ4v) is 4.15. The normalized spacial score (nSPS) is 29.0. The highest BCUT2D eigenvalue weighted by molar-refractivity contribution is 5.04. The zero-order valence-electron chi connectivity index (χ0n) is 15.8. The van der Waals surface area contributed by atoms with Crippen LogP contribution in [0.15, 0.2) is 0 Å². The van der Waals surface area contributed by atoms with Crippen molar-refractivity contribution < 1.29 is 4.74 Å². The lowest BCUT2D eigenvalue weighted by Crippen LogP contribution is -2.66. The Labute approximate surface area is 133 Å². The molecule has 1 aliphatic heterocycles. The van der Waals surface area contributed by atoms with E-state index in [0.29, 0.717) is 12.0 Å². The van der Waals surface area contributed by atoms with E-state index in [1.165, 1.54) is 32.1 Å². The number of rotatable bonds is 7. The van der Waals surface area contributed by atoms with Crippen LogP contribution < -0.4 is 0 Å². The molecule has 2 atom stereocenters. The quantitative estimate of drug-likeness (QED) is 0.605. The molecule has 2 heteroatoms. The second-order valence-electron chi connectivity index (χ2n) is 8.62. The molecule has 126 valence electrons. The summed E-state index contributed by atoms with van der Waals surface area (Å²) in [6.07, 6.45) is 6.62. The van der Waals surface area contributed by atoms with E-state index in [2.05, 4.69) is 60.4 Å². The standard InChI is InChI=1S/C19H39NO/c1-9-10-11-12-21-17-16(13-15(2)3)14-18(4,5)20(8)19(17,6)7/h15-17H,9-14H2,1-8H3. The number of likely N-dealkylation sites (N-methyl/N-ethyl adjacent to an activating group) is 1. The van der Waals surface area contributed by atoms with Gasteiger partial charge < -0.3 is 4.74 Å². The smallest absolute Gasteiger partial charge is 0.0782 e. The second kappa shape index (κ2) is 7.46. The molecule has 2 unspecified atom stereocenters. The molecule has 0 aromatic carbocycles. The van der Waals surface area contributed by atoms with Crippen LogP contribution in [0.4, 0.5) is 0 Å². The van der Waals surface area contributed by atoms with Gasteiger partial charge in [0.25, 0.3) is 0 Å². The van der Waals surface area contributed by atoms with Gasteiger partial charge in [0.2, 0.25) is 0 Å². The molecule has 0 radical (unpaired) electrons. The van der Waals surface area contributed by atoms with Crippen LogP contribution >= 0.6 is 0 Å². The molecule has 0 bridgehead atoms. The SMILES string of the molecule is CCCCCOC1C(CC(C)C)CC(C)(C)N(C)C1(C)C. The molecule has 0 spiro atoms. The summed E-state index contributed by atoms with van der Waals surface area (Å²) in [6.45, 7) is 17.4. The maximum absolute atomic E-state index is 6.44. The molecule has 1 saturated heterocycles. The van der Waals surface area contributed by atoms with Gasteiger partial charge in [0, 0.05) is 17.7 Å². The lowest BCUT2D eigenvalue weighted by molar-refractivity contribution is -0.153. The van der Waals surface area contributed by atoms with Crippen LogP contribution in [0.25, 0.3) is 0 Å². The van der Waals surface area contributed by atoms with E-state index in [4.69, 9.17) is 4.74 Å². The molecule has 2 nitrogen and oxygen atoms in total. The lowest BCUT2D eigenvalue weighted by atomic mass is 9.69. The molecule has 1 rings (SSSR count). The molecule has 0 N–H and O–H groups in total. The summed E-state index contributed by atoms with van der Waals surface area (Å²) >= 11 is 0. The monoisotopic (exact) mass is 297 g/mol. The predicted molar refractivity (Wildman–Crippen MR) is 92.7 cm³/mol. The minimum Gasteiger partial charge on any atom is -0.376 e. The summed E-state index contributed by atoms with van der Waals surface area (Å²) in [7, 11) is 2.27. The summed E-state index contributed by atoms with van der Waals surface area (Å²) < 4.78 is 6.44. The second-order valence-corrected chi connectivity index (χ2v) is 8.62. The lowest BCUT2D eigenvalue weighted by Gasteiger charge is -2.58. The number of hydrogen-bond donors (Lipinski definition) is 0. The van der Waals surface area contributed by atoms with Crippen molar-refractivity contribution in [3.8, 4) is 0 Å². The van der Waals surface area contributed by atoms with E-state index in [1.807, 2.05) is 0 Å². The maximum Gasteiger partial charge on any atom is 0.0782 e. The van der Waals surface area contributed by atoms with E-state index in [-0.39, 0.29) is 11.1 Å². The summed E-state index contributed by atoms with van der Waals surface area (Å²) in [5, 5.41) is 0. The molecule has 21 heavy (non-hydrogen) atoms. The van der Waals surface area contributed by atoms with Crippen molar-refractivity contribution in [2.75, 3.05) is 13.7 Å². The van der Waals surface area contributed by atoms with Gasteiger partial charge in [0.1, 0.15) is 0 Å². The average molecular weight is 298 g/mol. The summed E-state index contributed by atoms with van der Waals surface area (Å²) in [5.41, 5.74) is 0.361. The zero-order valence-corrected chi connectivity index (χ0v) is 15.8. The molecule has 1 heterocycles. The van der Waals surface area contributed by atoms with E-state index < -0.39 is 0 Å². The molecule has 1 fully saturated rings. The Hall–Kier alpha value is -0.0800. The van der Waals surface area contributed by atoms with Gasteiger partial charge in [-0.1, -0.05) is 33.6 Å². The number of unbranched alkanes of at least 4 members (excludes halogenated alkanes) is 2. The highest BCUT2D eigenvalue weighted by Crippen LogP contribution is 2.44. The Balaban J connectivity index is 2.84. The largest absolute Gasteiger partial charge is 0.376 e. The van der Waals surface area contributed by atoms with E-state index in [0.717, 1.165) is 12.5 Å². The average Bonchev–Trinajstić information content (AvgIpc) is 2.34. The fourth-order valence-electron chi connectivity index (χ4n) is 4.15. The van der Waals surface area contributed by atoms with Crippen molar-refractivity contribution in [1.82, 2.24) is 4.90 Å². The molecule has 0 amide bonds. The Bertz CT molecular complexity index is 309. The minimum atomic E-state index is 0.105. The van der Waals surface area contributed by atoms with Gasteiger partial charge in [-0.25, -0.2) is 0 Å². The molecular formula is C19H39NO. The molecular weight excluding hydrogens is 258 g/mol. The van der Waals surface area contributed by atoms with Crippen LogP contribution in [0.1, 0.15) is 80.6 Å². The highest BCUT2D eigenvalue weighted by Gasteiger charge is 2.50. The predicted octanol–water partition coefficient (Wildman–Crippen LogP) is 5.12. The van der Waals surface area contributed by atoms with Gasteiger partial charge in [-0.3, -0.25) is 4.90 Å². The molecule has 0 saturated carbocycles. The van der Waals surface area contributed by atoms with Crippen molar-refractivity contribution in [3.63, 3.8) is 0 Å². The first-order valence-corrected chi connectivity index (χ1v) is 8.98. The number of hydrogen-bond acceptors (Lipinski definition) is 2. The zero-order chi connectivity index (χ0) is 16.3. The van der Waals surface area contributed by atoms with Crippen LogP contribution in [0.2, 0.25) is 0 Å². The Morgan fingerprint density at radius 2 is 1.76 bits per heavy atom. The third-order valence-electron chi connectivity index (χ3n) is 5.48. The van der Waals surface area contributed by atoms with Crippen molar-refractivity contribution >= 4 is 0 Å². The van der Waals surface area contributed by atoms with Gasteiger partial charge in [0.05, 0.1) is 6.10 Å². The van der Waals surface area contributed by atoms with Gasteiger partial charge >= 0.3 is 0 Å². The van der Waals surface area contributed by atoms with Crippen molar-refractivity contribution in [2.24, 2.45) is 11.8 Å². The van der Waals surface area contributed by atoms with Gasteiger partial charge in [-0.2, -0.15) is 0 Å². The third-order valence-corrected chi connectivity index (χ3v) is 5.48. The highest BCUT2D eigenvalue weighted by atomic mass is 16.5. The Kier molecular flexibility index (Phi) is 6.74. The van der Waals surface area contributed by atoms with E-state index >= 15 is 0 Å². The Morgan fingerprint density at radius 1 is 1.14 bits per heavy atom. The molecule has 1 aliphatic rings. The van der Waals surface area contributed by atoms with Gasteiger partial charge in [-0.05, 0) is 65.8 Å². The van der Waals surface area contributed by atoms with Crippen LogP contribution in [0.5, 0.6) is 0 Å². The number of ether oxygens (including phenoxy) is 1. The third kappa shape index (κ3) is 4.69. The van der Waals surface area contributed by atoms with Gasteiger partial charge in [0.15, 0.2) is 0 Å². The van der Waals surface area contributed by atoms with Crippen LogP contribution in [-0.4, -0.2) is 35.7 Å². The topological polar surface area (TPSA) is 12.5 Å². The summed E-state index contributed by atoms with van der Waals surface area (Å²) in [4.78, 5) is 2.54. The molecule has 0 aliphatic carbocycles. The van der Waals surface area contributed by atoms with Crippen LogP contribution in [0.3, 0.4) is 0 Å². The van der Waals surface area contributed by atoms with Crippen molar-refractivity contribution in [2.45, 2.75) is 97.8 Å². The number of piperidine rings is 1. The number of nitrogens with zero attached hydrogens (tertiary/aromatic N) is 1. The fraction of sp³-hybridized carbons (Fsp3) is 1.00. The van der Waals surface area contributed by atoms with Crippen molar-refractivity contribution in [1.29, 1.82) is 0 Å². The number of likely N-dealkylation sites (tertiary alicyclic amines) is 1. The minimum absolute atomic E-state index is 0.105. The molecule has 0 aromatic heterocycles. The molecule has 0 aromatic rings. The van der Waals surface area contributed by atoms with Crippen LogP contribution in [-0.2, 0) is 4.74 Å².